The van der Waals surface area contributed by atoms with E-state index < -0.39 is 21.0 Å². The summed E-state index contributed by atoms with van der Waals surface area (Å²) in [5, 5.41) is 2.15. The number of halogens is 1. The maximum Gasteiger partial charge on any atom is 0.243 e. The van der Waals surface area contributed by atoms with E-state index in [1.165, 1.54) is 0 Å². The number of hydrogen-bond acceptors (Lipinski definition) is 4. The number of nitrogens with two attached hydrogens (primary N) is 1. The second kappa shape index (κ2) is 7.15. The molecule has 25 heavy (non-hydrogen) atoms. The van der Waals surface area contributed by atoms with Crippen molar-refractivity contribution in [3.8, 4) is 11.1 Å². The van der Waals surface area contributed by atoms with Gasteiger partial charge in [0.05, 0.1) is 5.75 Å². The van der Waals surface area contributed by atoms with Crippen LogP contribution in [-0.2, 0) is 14.6 Å². The Labute approximate surface area is 152 Å². The van der Waals surface area contributed by atoms with E-state index in [1.807, 2.05) is 18.2 Å². The minimum Gasteiger partial charge on any atom is -0.351 e. The van der Waals surface area contributed by atoms with Crippen LogP contribution >= 0.6 is 11.6 Å². The second-order valence-corrected chi connectivity index (χ2v) is 8.75. The van der Waals surface area contributed by atoms with Gasteiger partial charge in [-0.15, -0.1) is 0 Å². The molecular formula is C18H19ClN2O3S. The molecule has 5 nitrogen and oxygen atoms in total. The van der Waals surface area contributed by atoms with Gasteiger partial charge in [0.1, 0.15) is 0 Å². The van der Waals surface area contributed by atoms with Gasteiger partial charge in [-0.3, -0.25) is 4.79 Å². The molecule has 1 heterocycles. The zero-order valence-corrected chi connectivity index (χ0v) is 15.1. The molecule has 1 saturated heterocycles. The number of sulfone groups is 1. The van der Waals surface area contributed by atoms with Gasteiger partial charge in [-0.25, -0.2) is 8.42 Å². The summed E-state index contributed by atoms with van der Waals surface area (Å²) in [5.41, 5.74) is 7.79. The molecule has 0 bridgehead atoms. The topological polar surface area (TPSA) is 89.3 Å². The van der Waals surface area contributed by atoms with E-state index in [0.29, 0.717) is 17.0 Å². The third-order valence-corrected chi connectivity index (χ3v) is 6.61. The average molecular weight is 379 g/mol. The zero-order chi connectivity index (χ0) is 18.0. The Bertz CT molecular complexity index is 881. The zero-order valence-electron chi connectivity index (χ0n) is 13.5. The molecule has 1 fully saturated rings. The lowest BCUT2D eigenvalue weighted by molar-refractivity contribution is -0.121. The highest BCUT2D eigenvalue weighted by molar-refractivity contribution is 7.92. The van der Waals surface area contributed by atoms with Gasteiger partial charge in [0.15, 0.2) is 15.1 Å². The molecule has 132 valence electrons. The predicted octanol–water partition coefficient (Wildman–Crippen LogP) is 2.31. The Hall–Kier alpha value is -1.89. The Balaban J connectivity index is 2.01. The largest absolute Gasteiger partial charge is 0.351 e. The summed E-state index contributed by atoms with van der Waals surface area (Å²) < 4.78 is 25.3. The van der Waals surface area contributed by atoms with Crippen LogP contribution in [0.25, 0.3) is 11.1 Å². The minimum atomic E-state index is -3.60. The van der Waals surface area contributed by atoms with Crippen molar-refractivity contribution < 1.29 is 13.2 Å². The van der Waals surface area contributed by atoms with Gasteiger partial charge in [-0.1, -0.05) is 41.9 Å². The first kappa shape index (κ1) is 17.9. The first-order valence-electron chi connectivity index (χ1n) is 7.98. The van der Waals surface area contributed by atoms with Gasteiger partial charge in [0.2, 0.25) is 5.91 Å². The third kappa shape index (κ3) is 3.86. The molecule has 3 rings (SSSR count). The van der Waals surface area contributed by atoms with Crippen LogP contribution in [0.1, 0.15) is 17.2 Å². The van der Waals surface area contributed by atoms with Crippen molar-refractivity contribution in [2.75, 3.05) is 12.3 Å². The standard InChI is InChI=1S/C18H19ClN2O3S/c19-15-6-4-12(5-7-15)13-2-1-3-14(10-13)17-18(22)21-16(11-20)8-9-25(17,23)24/h1-7,10,16-17H,8-9,11,20H2,(H,21,22)/t16-,17+/m0/s1. The van der Waals surface area contributed by atoms with Crippen molar-refractivity contribution in [2.24, 2.45) is 5.73 Å². The highest BCUT2D eigenvalue weighted by Crippen LogP contribution is 2.30. The van der Waals surface area contributed by atoms with Gasteiger partial charge in [-0.2, -0.15) is 0 Å². The normalized spacial score (nSPS) is 22.9. The fourth-order valence-electron chi connectivity index (χ4n) is 3.00. The van der Waals surface area contributed by atoms with Gasteiger partial charge in [-0.05, 0) is 41.3 Å². The summed E-state index contributed by atoms with van der Waals surface area (Å²) in [7, 11) is -3.60. The summed E-state index contributed by atoms with van der Waals surface area (Å²) in [6, 6.07) is 14.0. The first-order chi connectivity index (χ1) is 11.9. The van der Waals surface area contributed by atoms with Crippen molar-refractivity contribution >= 4 is 27.3 Å². The third-order valence-electron chi connectivity index (χ3n) is 4.35. The predicted molar refractivity (Wildman–Crippen MR) is 99.0 cm³/mol. The lowest BCUT2D eigenvalue weighted by Crippen LogP contribution is -2.41. The maximum atomic E-state index is 12.6. The fourth-order valence-corrected chi connectivity index (χ4v) is 4.93. The monoisotopic (exact) mass is 378 g/mol. The van der Waals surface area contributed by atoms with Crippen molar-refractivity contribution in [2.45, 2.75) is 17.7 Å². The highest BCUT2D eigenvalue weighted by atomic mass is 35.5. The van der Waals surface area contributed by atoms with E-state index in [2.05, 4.69) is 5.32 Å². The van der Waals surface area contributed by atoms with Gasteiger partial charge < -0.3 is 11.1 Å². The molecule has 2 aromatic rings. The Morgan fingerprint density at radius 1 is 1.12 bits per heavy atom. The quantitative estimate of drug-likeness (QED) is 0.857. The molecule has 7 heteroatoms. The molecule has 0 spiro atoms. The number of hydrogen-bond donors (Lipinski definition) is 2. The van der Waals surface area contributed by atoms with E-state index >= 15 is 0 Å². The molecule has 2 atom stereocenters. The Kier molecular flexibility index (Phi) is 5.13. The summed E-state index contributed by atoms with van der Waals surface area (Å²) in [5.74, 6) is -0.579. The van der Waals surface area contributed by atoms with Crippen molar-refractivity contribution in [1.29, 1.82) is 0 Å². The number of nitrogens with one attached hydrogen (secondary N) is 1. The van der Waals surface area contributed by atoms with Crippen molar-refractivity contribution in [3.63, 3.8) is 0 Å². The molecule has 0 aliphatic carbocycles. The summed E-state index contributed by atoms with van der Waals surface area (Å²) >= 11 is 5.91. The van der Waals surface area contributed by atoms with E-state index in [-0.39, 0.29) is 18.3 Å². The van der Waals surface area contributed by atoms with Gasteiger partial charge in [0, 0.05) is 17.6 Å². The molecule has 1 aliphatic rings. The van der Waals surface area contributed by atoms with Crippen LogP contribution in [0.5, 0.6) is 0 Å². The summed E-state index contributed by atoms with van der Waals surface area (Å²) in [6.45, 7) is 0.221. The summed E-state index contributed by atoms with van der Waals surface area (Å²) in [6.07, 6.45) is 0.331. The first-order valence-corrected chi connectivity index (χ1v) is 10.1. The lowest BCUT2D eigenvalue weighted by atomic mass is 10.0. The number of amides is 1. The molecule has 0 aromatic heterocycles. The van der Waals surface area contributed by atoms with E-state index in [9.17, 15) is 13.2 Å². The molecule has 3 N–H and O–H groups in total. The van der Waals surface area contributed by atoms with E-state index in [4.69, 9.17) is 17.3 Å². The molecule has 1 aliphatic heterocycles. The molecule has 0 unspecified atom stereocenters. The van der Waals surface area contributed by atoms with Crippen LogP contribution in [-0.4, -0.2) is 32.7 Å². The second-order valence-electron chi connectivity index (χ2n) is 6.11. The molecule has 0 saturated carbocycles. The average Bonchev–Trinajstić information content (AvgIpc) is 2.70. The van der Waals surface area contributed by atoms with Crippen molar-refractivity contribution in [3.05, 3.63) is 59.1 Å². The van der Waals surface area contributed by atoms with Crippen LogP contribution in [0, 0.1) is 0 Å². The maximum absolute atomic E-state index is 12.6. The molecule has 1 amide bonds. The smallest absolute Gasteiger partial charge is 0.243 e. The molecule has 2 aromatic carbocycles. The SMILES string of the molecule is NC[C@@H]1CCS(=O)(=O)[C@H](c2cccc(-c3ccc(Cl)cc3)c2)C(=O)N1. The molecular weight excluding hydrogens is 360 g/mol. The Morgan fingerprint density at radius 3 is 2.52 bits per heavy atom. The fraction of sp³-hybridized carbons (Fsp3) is 0.278. The van der Waals surface area contributed by atoms with Crippen LogP contribution in [0.3, 0.4) is 0 Å². The Morgan fingerprint density at radius 2 is 1.84 bits per heavy atom. The van der Waals surface area contributed by atoms with Crippen LogP contribution in [0.4, 0.5) is 0 Å². The number of rotatable bonds is 3. The molecule has 0 radical (unpaired) electrons. The van der Waals surface area contributed by atoms with Crippen molar-refractivity contribution in [1.82, 2.24) is 5.32 Å². The van der Waals surface area contributed by atoms with Crippen LogP contribution in [0.2, 0.25) is 5.02 Å². The summed E-state index contributed by atoms with van der Waals surface area (Å²) in [4.78, 5) is 12.5. The number of carbonyl (C=O) groups is 1. The number of benzene rings is 2. The van der Waals surface area contributed by atoms with Gasteiger partial charge >= 0.3 is 0 Å². The minimum absolute atomic E-state index is 0.0660. The van der Waals surface area contributed by atoms with Crippen LogP contribution < -0.4 is 11.1 Å². The number of carbonyl (C=O) groups excluding carboxylic acids is 1. The van der Waals surface area contributed by atoms with E-state index in [0.717, 1.165) is 11.1 Å². The van der Waals surface area contributed by atoms with Crippen LogP contribution in [0.15, 0.2) is 48.5 Å². The van der Waals surface area contributed by atoms with Gasteiger partial charge in [0.25, 0.3) is 0 Å². The highest BCUT2D eigenvalue weighted by Gasteiger charge is 2.38. The van der Waals surface area contributed by atoms with E-state index in [1.54, 1.807) is 30.3 Å². The lowest BCUT2D eigenvalue weighted by Gasteiger charge is -2.16.